The molecule has 16 heavy (non-hydrogen) atoms. The Morgan fingerprint density at radius 2 is 2.38 bits per heavy atom. The largest absolute Gasteiger partial charge is 0.308 e. The lowest BCUT2D eigenvalue weighted by molar-refractivity contribution is 0.317. The van der Waals surface area contributed by atoms with E-state index in [0.29, 0.717) is 11.5 Å². The van der Waals surface area contributed by atoms with Crippen LogP contribution in [-0.4, -0.2) is 17.5 Å². The van der Waals surface area contributed by atoms with Gasteiger partial charge in [0.15, 0.2) is 0 Å². The van der Waals surface area contributed by atoms with E-state index in [2.05, 4.69) is 58.3 Å². The van der Waals surface area contributed by atoms with Gasteiger partial charge in [0.1, 0.15) is 0 Å². The summed E-state index contributed by atoms with van der Waals surface area (Å²) in [6.07, 6.45) is 1.29. The van der Waals surface area contributed by atoms with Gasteiger partial charge < -0.3 is 5.32 Å². The highest BCUT2D eigenvalue weighted by atomic mass is 79.9. The van der Waals surface area contributed by atoms with Gasteiger partial charge in [-0.1, -0.05) is 13.8 Å². The van der Waals surface area contributed by atoms with Crippen molar-refractivity contribution < 1.29 is 0 Å². The van der Waals surface area contributed by atoms with E-state index in [1.807, 2.05) is 11.3 Å². The summed E-state index contributed by atoms with van der Waals surface area (Å²) >= 11 is 7.48. The van der Waals surface area contributed by atoms with Crippen LogP contribution in [0, 0.1) is 5.41 Å². The molecule has 1 N–H and O–H groups in total. The topological polar surface area (TPSA) is 12.0 Å². The number of thioether (sulfide) groups is 1. The van der Waals surface area contributed by atoms with Crippen molar-refractivity contribution in [2.24, 2.45) is 5.41 Å². The Morgan fingerprint density at radius 3 is 3.00 bits per heavy atom. The molecular weight excluding hydrogens is 302 g/mol. The number of rotatable bonds is 3. The van der Waals surface area contributed by atoms with E-state index in [0.717, 1.165) is 6.54 Å². The average molecular weight is 320 g/mol. The summed E-state index contributed by atoms with van der Waals surface area (Å²) in [5, 5.41) is 5.82. The molecule has 0 saturated carbocycles. The van der Waals surface area contributed by atoms with Gasteiger partial charge in [-0.25, -0.2) is 0 Å². The quantitative estimate of drug-likeness (QED) is 0.899. The zero-order chi connectivity index (χ0) is 11.6. The number of hydrogen-bond acceptors (Lipinski definition) is 3. The number of hydrogen-bond donors (Lipinski definition) is 1. The standard InChI is InChI=1S/C12H18BrNS2/c1-12(2)5-9(7-15-8-12)14-6-11-10(13)3-4-16-11/h3-4,9,14H,5-8H2,1-2H3. The molecule has 0 spiro atoms. The van der Waals surface area contributed by atoms with E-state index in [4.69, 9.17) is 0 Å². The second kappa shape index (κ2) is 5.42. The summed E-state index contributed by atoms with van der Waals surface area (Å²) < 4.78 is 1.24. The van der Waals surface area contributed by atoms with Crippen LogP contribution < -0.4 is 5.32 Å². The summed E-state index contributed by atoms with van der Waals surface area (Å²) in [5.41, 5.74) is 0.493. The summed E-state index contributed by atoms with van der Waals surface area (Å²) in [6, 6.07) is 2.80. The smallest absolute Gasteiger partial charge is 0.0327 e. The number of thiophene rings is 1. The van der Waals surface area contributed by atoms with Crippen LogP contribution in [0.25, 0.3) is 0 Å². The molecule has 0 amide bonds. The van der Waals surface area contributed by atoms with Crippen LogP contribution in [0.5, 0.6) is 0 Å². The molecule has 1 aromatic heterocycles. The Hall–Kier alpha value is 0.490. The minimum absolute atomic E-state index is 0.493. The fourth-order valence-corrected chi connectivity index (χ4v) is 4.83. The maximum atomic E-state index is 3.68. The van der Waals surface area contributed by atoms with Crippen LogP contribution in [0.3, 0.4) is 0 Å². The average Bonchev–Trinajstić information content (AvgIpc) is 2.60. The van der Waals surface area contributed by atoms with Crippen molar-refractivity contribution in [3.8, 4) is 0 Å². The molecule has 1 aliphatic rings. The van der Waals surface area contributed by atoms with Gasteiger partial charge in [-0.05, 0) is 45.0 Å². The molecular formula is C12H18BrNS2. The molecule has 0 radical (unpaired) electrons. The monoisotopic (exact) mass is 319 g/mol. The molecule has 0 bridgehead atoms. The molecule has 90 valence electrons. The van der Waals surface area contributed by atoms with E-state index in [1.54, 1.807) is 0 Å². The third kappa shape index (κ3) is 3.49. The van der Waals surface area contributed by atoms with Gasteiger partial charge in [-0.2, -0.15) is 11.8 Å². The second-order valence-electron chi connectivity index (χ2n) is 5.15. The molecule has 0 aliphatic carbocycles. The maximum Gasteiger partial charge on any atom is 0.0327 e. The van der Waals surface area contributed by atoms with Crippen molar-refractivity contribution in [1.29, 1.82) is 0 Å². The number of halogens is 1. The van der Waals surface area contributed by atoms with Crippen LogP contribution in [0.2, 0.25) is 0 Å². The maximum absolute atomic E-state index is 3.68. The Kier molecular flexibility index (Phi) is 4.38. The van der Waals surface area contributed by atoms with Crippen molar-refractivity contribution in [2.75, 3.05) is 11.5 Å². The van der Waals surface area contributed by atoms with Crippen molar-refractivity contribution in [3.05, 3.63) is 20.8 Å². The van der Waals surface area contributed by atoms with Crippen LogP contribution in [0.4, 0.5) is 0 Å². The van der Waals surface area contributed by atoms with Gasteiger partial charge in [0, 0.05) is 27.7 Å². The molecule has 1 saturated heterocycles. The first kappa shape index (κ1) is 12.9. The molecule has 1 aliphatic heterocycles. The molecule has 1 aromatic rings. The van der Waals surface area contributed by atoms with Crippen LogP contribution in [-0.2, 0) is 6.54 Å². The zero-order valence-corrected chi connectivity index (χ0v) is 13.0. The first-order valence-electron chi connectivity index (χ1n) is 5.60. The molecule has 0 aromatic carbocycles. The fraction of sp³-hybridized carbons (Fsp3) is 0.667. The lowest BCUT2D eigenvalue weighted by Crippen LogP contribution is -2.39. The predicted octanol–water partition coefficient (Wildman–Crippen LogP) is 4.13. The molecule has 1 nitrogen and oxygen atoms in total. The van der Waals surface area contributed by atoms with Gasteiger partial charge in [-0.15, -0.1) is 11.3 Å². The fourth-order valence-electron chi connectivity index (χ4n) is 2.08. The summed E-state index contributed by atoms with van der Waals surface area (Å²) in [5.74, 6) is 2.56. The molecule has 4 heteroatoms. The van der Waals surface area contributed by atoms with E-state index in [9.17, 15) is 0 Å². The normalized spacial score (nSPS) is 24.6. The Balaban J connectivity index is 1.84. The zero-order valence-electron chi connectivity index (χ0n) is 9.75. The van der Waals surface area contributed by atoms with Crippen molar-refractivity contribution in [2.45, 2.75) is 32.9 Å². The summed E-state index contributed by atoms with van der Waals surface area (Å²) in [6.45, 7) is 5.74. The lowest BCUT2D eigenvalue weighted by atomic mass is 9.88. The highest BCUT2D eigenvalue weighted by Gasteiger charge is 2.28. The Morgan fingerprint density at radius 1 is 1.56 bits per heavy atom. The Labute approximate surface area is 115 Å². The van der Waals surface area contributed by atoms with E-state index in [1.165, 1.54) is 27.3 Å². The highest BCUT2D eigenvalue weighted by molar-refractivity contribution is 9.10. The highest BCUT2D eigenvalue weighted by Crippen LogP contribution is 2.33. The van der Waals surface area contributed by atoms with Crippen LogP contribution in [0.15, 0.2) is 15.9 Å². The lowest BCUT2D eigenvalue weighted by Gasteiger charge is -2.35. The third-order valence-corrected chi connectivity index (χ3v) is 6.40. The molecule has 1 fully saturated rings. The van der Waals surface area contributed by atoms with Crippen molar-refractivity contribution in [1.82, 2.24) is 5.32 Å². The van der Waals surface area contributed by atoms with Gasteiger partial charge in [-0.3, -0.25) is 0 Å². The third-order valence-electron chi connectivity index (χ3n) is 2.85. The van der Waals surface area contributed by atoms with E-state index in [-0.39, 0.29) is 0 Å². The first-order chi connectivity index (χ1) is 7.57. The van der Waals surface area contributed by atoms with E-state index >= 15 is 0 Å². The van der Waals surface area contributed by atoms with Gasteiger partial charge in [0.2, 0.25) is 0 Å². The Bertz CT molecular complexity index is 349. The summed E-state index contributed by atoms with van der Waals surface area (Å²) in [4.78, 5) is 1.41. The SMILES string of the molecule is CC1(C)CSCC(NCc2sccc2Br)C1. The molecule has 2 rings (SSSR count). The second-order valence-corrected chi connectivity index (χ2v) is 8.04. The predicted molar refractivity (Wildman–Crippen MR) is 78.4 cm³/mol. The summed E-state index contributed by atoms with van der Waals surface area (Å²) in [7, 11) is 0. The van der Waals surface area contributed by atoms with Crippen LogP contribution >= 0.6 is 39.0 Å². The van der Waals surface area contributed by atoms with Crippen LogP contribution in [0.1, 0.15) is 25.1 Å². The van der Waals surface area contributed by atoms with Gasteiger partial charge in [0.05, 0.1) is 0 Å². The minimum Gasteiger partial charge on any atom is -0.308 e. The minimum atomic E-state index is 0.493. The van der Waals surface area contributed by atoms with Crippen molar-refractivity contribution in [3.63, 3.8) is 0 Å². The van der Waals surface area contributed by atoms with Crippen molar-refractivity contribution >= 4 is 39.0 Å². The molecule has 2 heterocycles. The number of nitrogens with one attached hydrogen (secondary N) is 1. The molecule has 1 unspecified atom stereocenters. The first-order valence-corrected chi connectivity index (χ1v) is 8.42. The van der Waals surface area contributed by atoms with E-state index < -0.39 is 0 Å². The van der Waals surface area contributed by atoms with Gasteiger partial charge >= 0.3 is 0 Å². The van der Waals surface area contributed by atoms with Gasteiger partial charge in [0.25, 0.3) is 0 Å². The molecule has 1 atom stereocenters.